The first-order valence-corrected chi connectivity index (χ1v) is 8.87. The highest BCUT2D eigenvalue weighted by atomic mass is 16.5. The zero-order valence-corrected chi connectivity index (χ0v) is 14.2. The normalized spacial score (nSPS) is 26.6. The molecule has 24 heavy (non-hydrogen) atoms. The first-order chi connectivity index (χ1) is 11.7. The molecule has 2 aliphatic rings. The lowest BCUT2D eigenvalue weighted by Crippen LogP contribution is -2.67. The summed E-state index contributed by atoms with van der Waals surface area (Å²) in [5.41, 5.74) is 0.929. The van der Waals surface area contributed by atoms with Crippen LogP contribution in [0.25, 0.3) is 0 Å². The molecule has 5 nitrogen and oxygen atoms in total. The molecular weight excluding hydrogens is 306 g/mol. The molecule has 1 spiro atoms. The van der Waals surface area contributed by atoms with Crippen molar-refractivity contribution in [2.75, 3.05) is 19.8 Å². The van der Waals surface area contributed by atoms with Crippen molar-refractivity contribution in [3.05, 3.63) is 35.9 Å². The Hall–Kier alpha value is -1.43. The van der Waals surface area contributed by atoms with Crippen molar-refractivity contribution in [3.8, 4) is 0 Å². The molecule has 1 heterocycles. The van der Waals surface area contributed by atoms with Gasteiger partial charge in [0.25, 0.3) is 0 Å². The van der Waals surface area contributed by atoms with Crippen molar-refractivity contribution < 1.29 is 19.4 Å². The van der Waals surface area contributed by atoms with Gasteiger partial charge in [0.2, 0.25) is 5.91 Å². The van der Waals surface area contributed by atoms with Gasteiger partial charge in [-0.3, -0.25) is 4.79 Å². The molecule has 3 rings (SSSR count). The monoisotopic (exact) mass is 333 g/mol. The zero-order valence-electron chi connectivity index (χ0n) is 14.2. The van der Waals surface area contributed by atoms with Crippen molar-refractivity contribution in [1.29, 1.82) is 0 Å². The number of ether oxygens (including phenoxy) is 2. The van der Waals surface area contributed by atoms with Crippen LogP contribution in [0.4, 0.5) is 0 Å². The second-order valence-corrected chi connectivity index (χ2v) is 6.79. The van der Waals surface area contributed by atoms with Crippen LogP contribution >= 0.6 is 0 Å². The summed E-state index contributed by atoms with van der Waals surface area (Å²) in [6, 6.07) is 9.66. The van der Waals surface area contributed by atoms with E-state index in [1.807, 2.05) is 37.3 Å². The van der Waals surface area contributed by atoms with Crippen LogP contribution in [0.1, 0.15) is 31.7 Å². The van der Waals surface area contributed by atoms with Crippen molar-refractivity contribution >= 4 is 5.91 Å². The first-order valence-electron chi connectivity index (χ1n) is 8.87. The molecule has 0 unspecified atom stereocenters. The van der Waals surface area contributed by atoms with Crippen LogP contribution in [-0.2, 0) is 20.7 Å². The third kappa shape index (κ3) is 3.48. The number of carbonyl (C=O) groups is 1. The van der Waals surface area contributed by atoms with E-state index in [2.05, 4.69) is 5.32 Å². The van der Waals surface area contributed by atoms with Crippen LogP contribution in [0.3, 0.4) is 0 Å². The Labute approximate surface area is 143 Å². The maximum Gasteiger partial charge on any atom is 0.249 e. The number of carbonyl (C=O) groups excluding carboxylic acids is 1. The molecule has 1 amide bonds. The average Bonchev–Trinajstić information content (AvgIpc) is 2.62. The maximum atomic E-state index is 12.4. The molecule has 1 aliphatic heterocycles. The number of nitrogens with one attached hydrogen (secondary N) is 1. The van der Waals surface area contributed by atoms with Crippen molar-refractivity contribution in [2.45, 2.75) is 50.9 Å². The topological polar surface area (TPSA) is 67.8 Å². The smallest absolute Gasteiger partial charge is 0.249 e. The molecule has 0 aromatic heterocycles. The Morgan fingerprint density at radius 2 is 2.08 bits per heavy atom. The molecule has 1 aliphatic carbocycles. The first kappa shape index (κ1) is 17.4. The Morgan fingerprint density at radius 3 is 2.75 bits per heavy atom. The van der Waals surface area contributed by atoms with Gasteiger partial charge >= 0.3 is 0 Å². The van der Waals surface area contributed by atoms with E-state index in [4.69, 9.17) is 9.47 Å². The third-order valence-corrected chi connectivity index (χ3v) is 5.47. The minimum Gasteiger partial charge on any atom is -0.383 e. The van der Waals surface area contributed by atoms with Crippen LogP contribution in [0.5, 0.6) is 0 Å². The highest BCUT2D eigenvalue weighted by Gasteiger charge is 2.56. The number of rotatable bonds is 6. The lowest BCUT2D eigenvalue weighted by atomic mass is 9.57. The summed E-state index contributed by atoms with van der Waals surface area (Å²) in [6.45, 7) is 4.11. The van der Waals surface area contributed by atoms with Gasteiger partial charge in [0.1, 0.15) is 6.10 Å². The molecular formula is C19H27NO4. The Balaban J connectivity index is 1.59. The summed E-state index contributed by atoms with van der Waals surface area (Å²) in [4.78, 5) is 12.4. The van der Waals surface area contributed by atoms with Gasteiger partial charge in [-0.1, -0.05) is 30.3 Å². The molecule has 5 heteroatoms. The van der Waals surface area contributed by atoms with E-state index in [-0.39, 0.29) is 23.5 Å². The highest BCUT2D eigenvalue weighted by molar-refractivity contribution is 5.81. The van der Waals surface area contributed by atoms with Crippen molar-refractivity contribution in [2.24, 2.45) is 5.41 Å². The molecule has 0 bridgehead atoms. The van der Waals surface area contributed by atoms with E-state index in [0.717, 1.165) is 24.8 Å². The molecule has 1 aromatic rings. The quantitative estimate of drug-likeness (QED) is 0.831. The Morgan fingerprint density at radius 1 is 1.38 bits per heavy atom. The molecule has 0 radical (unpaired) electrons. The minimum absolute atomic E-state index is 0.0314. The molecule has 132 valence electrons. The van der Waals surface area contributed by atoms with Gasteiger partial charge < -0.3 is 19.9 Å². The van der Waals surface area contributed by atoms with Crippen LogP contribution in [0.2, 0.25) is 0 Å². The van der Waals surface area contributed by atoms with Gasteiger partial charge in [-0.15, -0.1) is 0 Å². The molecule has 2 fully saturated rings. The number of hydrogen-bond donors (Lipinski definition) is 2. The van der Waals surface area contributed by atoms with Gasteiger partial charge in [0, 0.05) is 37.7 Å². The summed E-state index contributed by atoms with van der Waals surface area (Å²) in [5.74, 6) is -0.287. The van der Waals surface area contributed by atoms with Gasteiger partial charge in [0.15, 0.2) is 0 Å². The fourth-order valence-electron chi connectivity index (χ4n) is 4.01. The van der Waals surface area contributed by atoms with E-state index in [9.17, 15) is 9.90 Å². The van der Waals surface area contributed by atoms with Crippen LogP contribution in [-0.4, -0.2) is 49.1 Å². The largest absolute Gasteiger partial charge is 0.383 e. The van der Waals surface area contributed by atoms with E-state index >= 15 is 0 Å². The van der Waals surface area contributed by atoms with Crippen molar-refractivity contribution in [1.82, 2.24) is 5.32 Å². The summed E-state index contributed by atoms with van der Waals surface area (Å²) in [6.07, 6.45) is 2.12. The second kappa shape index (κ2) is 7.64. The lowest BCUT2D eigenvalue weighted by Gasteiger charge is -2.57. The SMILES string of the molecule is CCO[C@@H]1C[C@@H](NC(=O)[C@@H](O)Cc2ccccc2)C12CCOCC2. The maximum absolute atomic E-state index is 12.4. The number of aliphatic hydroxyl groups excluding tert-OH is 1. The van der Waals surface area contributed by atoms with Crippen LogP contribution in [0.15, 0.2) is 30.3 Å². The van der Waals surface area contributed by atoms with Gasteiger partial charge in [-0.2, -0.15) is 0 Å². The predicted molar refractivity (Wildman–Crippen MR) is 90.6 cm³/mol. The van der Waals surface area contributed by atoms with Gasteiger partial charge in [0.05, 0.1) is 6.10 Å². The summed E-state index contributed by atoms with van der Waals surface area (Å²) < 4.78 is 11.4. The summed E-state index contributed by atoms with van der Waals surface area (Å²) in [5, 5.41) is 13.3. The lowest BCUT2D eigenvalue weighted by molar-refractivity contribution is -0.177. The van der Waals surface area contributed by atoms with Crippen LogP contribution in [0, 0.1) is 5.41 Å². The van der Waals surface area contributed by atoms with Crippen molar-refractivity contribution in [3.63, 3.8) is 0 Å². The van der Waals surface area contributed by atoms with Gasteiger partial charge in [-0.25, -0.2) is 0 Å². The highest BCUT2D eigenvalue weighted by Crippen LogP contribution is 2.50. The number of aliphatic hydroxyl groups is 1. The molecule has 1 saturated carbocycles. The van der Waals surface area contributed by atoms with E-state index < -0.39 is 6.10 Å². The summed E-state index contributed by atoms with van der Waals surface area (Å²) >= 11 is 0. The fourth-order valence-corrected chi connectivity index (χ4v) is 4.01. The number of benzene rings is 1. The van der Waals surface area contributed by atoms with Gasteiger partial charge in [-0.05, 0) is 31.7 Å². The molecule has 3 atom stereocenters. The third-order valence-electron chi connectivity index (χ3n) is 5.47. The standard InChI is InChI=1S/C19H27NO4/c1-2-24-17-13-16(19(17)8-10-23-11-9-19)20-18(22)15(21)12-14-6-4-3-5-7-14/h3-7,15-17,21H,2,8-13H2,1H3,(H,20,22)/t15-,16+,17+/m0/s1. The average molecular weight is 333 g/mol. The summed E-state index contributed by atoms with van der Waals surface area (Å²) in [7, 11) is 0. The minimum atomic E-state index is -1.02. The number of hydrogen-bond acceptors (Lipinski definition) is 4. The van der Waals surface area contributed by atoms with E-state index in [1.54, 1.807) is 0 Å². The van der Waals surface area contributed by atoms with Crippen LogP contribution < -0.4 is 5.32 Å². The Bertz CT molecular complexity index is 542. The zero-order chi connectivity index (χ0) is 17.0. The van der Waals surface area contributed by atoms with E-state index in [0.29, 0.717) is 26.2 Å². The molecule has 1 saturated heterocycles. The Kier molecular flexibility index (Phi) is 5.54. The van der Waals surface area contributed by atoms with E-state index in [1.165, 1.54) is 0 Å². The number of amides is 1. The second-order valence-electron chi connectivity index (χ2n) is 6.79. The molecule has 2 N–H and O–H groups in total. The molecule has 1 aromatic carbocycles. The fraction of sp³-hybridized carbons (Fsp3) is 0.632. The predicted octanol–water partition coefficient (Wildman–Crippen LogP) is 1.68.